The molecule has 0 amide bonds. The van der Waals surface area contributed by atoms with Gasteiger partial charge in [0, 0.05) is 0 Å². The van der Waals surface area contributed by atoms with Crippen molar-refractivity contribution in [2.75, 3.05) is 0 Å². The Morgan fingerprint density at radius 2 is 2.08 bits per heavy atom. The minimum absolute atomic E-state index is 0.119. The van der Waals surface area contributed by atoms with E-state index in [1.165, 1.54) is 19.3 Å². The summed E-state index contributed by atoms with van der Waals surface area (Å²) < 4.78 is 0. The molecular formula is C10H16O2. The van der Waals surface area contributed by atoms with Crippen molar-refractivity contribution in [3.63, 3.8) is 0 Å². The van der Waals surface area contributed by atoms with E-state index in [9.17, 15) is 4.79 Å². The van der Waals surface area contributed by atoms with Gasteiger partial charge in [0.15, 0.2) is 0 Å². The summed E-state index contributed by atoms with van der Waals surface area (Å²) >= 11 is 0. The number of fused-ring (bicyclic) bond motifs is 1. The van der Waals surface area contributed by atoms with Crippen molar-refractivity contribution in [2.24, 2.45) is 23.7 Å². The quantitative estimate of drug-likeness (QED) is 0.686. The molecule has 2 aliphatic carbocycles. The molecule has 2 saturated carbocycles. The van der Waals surface area contributed by atoms with Crippen molar-refractivity contribution in [1.29, 1.82) is 0 Å². The zero-order valence-electron chi connectivity index (χ0n) is 7.49. The van der Waals surface area contributed by atoms with Crippen LogP contribution in [0.5, 0.6) is 0 Å². The maximum Gasteiger partial charge on any atom is 0.306 e. The molecule has 68 valence electrons. The van der Waals surface area contributed by atoms with E-state index < -0.39 is 5.97 Å². The third-order valence-corrected chi connectivity index (χ3v) is 3.68. The van der Waals surface area contributed by atoms with E-state index in [1.807, 2.05) is 6.92 Å². The molecule has 0 saturated heterocycles. The van der Waals surface area contributed by atoms with Crippen molar-refractivity contribution in [2.45, 2.75) is 32.6 Å². The van der Waals surface area contributed by atoms with Gasteiger partial charge < -0.3 is 5.11 Å². The topological polar surface area (TPSA) is 37.3 Å². The number of aliphatic carboxylic acids is 1. The first kappa shape index (κ1) is 8.09. The average Bonchev–Trinajstić information content (AvgIpc) is 2.79. The van der Waals surface area contributed by atoms with Crippen molar-refractivity contribution < 1.29 is 9.90 Å². The minimum Gasteiger partial charge on any atom is -0.481 e. The Morgan fingerprint density at radius 3 is 2.67 bits per heavy atom. The SMILES string of the molecule is C[C@H](C(=O)O)C1CCC2CC2C1. The summed E-state index contributed by atoms with van der Waals surface area (Å²) in [4.78, 5) is 10.7. The van der Waals surface area contributed by atoms with Gasteiger partial charge in [0.2, 0.25) is 0 Å². The summed E-state index contributed by atoms with van der Waals surface area (Å²) in [6.45, 7) is 1.86. The molecule has 0 aromatic heterocycles. The largest absolute Gasteiger partial charge is 0.481 e. The number of carbonyl (C=O) groups is 1. The summed E-state index contributed by atoms with van der Waals surface area (Å²) in [5.41, 5.74) is 0. The van der Waals surface area contributed by atoms with Crippen LogP contribution in [0.25, 0.3) is 0 Å². The normalized spacial score (nSPS) is 41.6. The molecule has 4 atom stereocenters. The van der Waals surface area contributed by atoms with Gasteiger partial charge in [-0.3, -0.25) is 4.79 Å². The van der Waals surface area contributed by atoms with E-state index in [4.69, 9.17) is 5.11 Å². The van der Waals surface area contributed by atoms with Gasteiger partial charge in [0.05, 0.1) is 5.92 Å². The standard InChI is InChI=1S/C10H16O2/c1-6(10(11)12)7-2-3-8-5-9(8)4-7/h6-9H,2-5H2,1H3,(H,11,12)/t6-,7?,8?,9?/m0/s1. The van der Waals surface area contributed by atoms with Crippen LogP contribution in [0.3, 0.4) is 0 Å². The molecule has 0 bridgehead atoms. The van der Waals surface area contributed by atoms with E-state index in [-0.39, 0.29) is 5.92 Å². The van der Waals surface area contributed by atoms with E-state index in [2.05, 4.69) is 0 Å². The molecule has 12 heavy (non-hydrogen) atoms. The Bertz CT molecular complexity index is 200. The van der Waals surface area contributed by atoms with Gasteiger partial charge in [-0.25, -0.2) is 0 Å². The average molecular weight is 168 g/mol. The number of rotatable bonds is 2. The highest BCUT2D eigenvalue weighted by atomic mass is 16.4. The van der Waals surface area contributed by atoms with Gasteiger partial charge in [-0.1, -0.05) is 6.92 Å². The lowest BCUT2D eigenvalue weighted by molar-refractivity contribution is -0.143. The summed E-state index contributed by atoms with van der Waals surface area (Å²) in [5.74, 6) is 1.60. The second-order valence-corrected chi connectivity index (χ2v) is 4.46. The lowest BCUT2D eigenvalue weighted by Gasteiger charge is -2.24. The van der Waals surface area contributed by atoms with E-state index in [0.717, 1.165) is 18.3 Å². The van der Waals surface area contributed by atoms with Crippen molar-refractivity contribution in [1.82, 2.24) is 0 Å². The number of carboxylic acids is 1. The van der Waals surface area contributed by atoms with E-state index >= 15 is 0 Å². The first-order valence-electron chi connectivity index (χ1n) is 4.91. The van der Waals surface area contributed by atoms with Crippen LogP contribution in [-0.4, -0.2) is 11.1 Å². The highest BCUT2D eigenvalue weighted by Crippen LogP contribution is 2.52. The zero-order valence-corrected chi connectivity index (χ0v) is 7.49. The number of hydrogen-bond donors (Lipinski definition) is 1. The lowest BCUT2D eigenvalue weighted by atomic mass is 9.81. The molecule has 0 heterocycles. The first-order valence-corrected chi connectivity index (χ1v) is 4.91. The summed E-state index contributed by atoms with van der Waals surface area (Å²) in [5, 5.41) is 8.83. The van der Waals surface area contributed by atoms with Crippen LogP contribution in [0.2, 0.25) is 0 Å². The third kappa shape index (κ3) is 1.35. The minimum atomic E-state index is -0.612. The number of hydrogen-bond acceptors (Lipinski definition) is 1. The number of carboxylic acid groups (broad SMARTS) is 1. The third-order valence-electron chi connectivity index (χ3n) is 3.68. The highest BCUT2D eigenvalue weighted by Gasteiger charge is 2.44. The van der Waals surface area contributed by atoms with Crippen LogP contribution in [0, 0.1) is 23.7 Å². The maximum absolute atomic E-state index is 10.7. The molecule has 2 aliphatic rings. The van der Waals surface area contributed by atoms with Gasteiger partial charge in [0.1, 0.15) is 0 Å². The fraction of sp³-hybridized carbons (Fsp3) is 0.900. The highest BCUT2D eigenvalue weighted by molar-refractivity contribution is 5.69. The molecular weight excluding hydrogens is 152 g/mol. The second-order valence-electron chi connectivity index (χ2n) is 4.46. The molecule has 2 nitrogen and oxygen atoms in total. The molecule has 3 unspecified atom stereocenters. The maximum atomic E-state index is 10.7. The van der Waals surface area contributed by atoms with Crippen LogP contribution in [0.15, 0.2) is 0 Å². The Hall–Kier alpha value is -0.530. The molecule has 0 aromatic carbocycles. The first-order chi connectivity index (χ1) is 5.68. The molecule has 0 radical (unpaired) electrons. The molecule has 2 heteroatoms. The summed E-state index contributed by atoms with van der Waals surface area (Å²) in [6, 6.07) is 0. The van der Waals surface area contributed by atoms with Gasteiger partial charge >= 0.3 is 5.97 Å². The molecule has 2 fully saturated rings. The van der Waals surface area contributed by atoms with Gasteiger partial charge in [0.25, 0.3) is 0 Å². The Balaban J connectivity index is 1.91. The van der Waals surface area contributed by atoms with Gasteiger partial charge in [-0.2, -0.15) is 0 Å². The molecule has 1 N–H and O–H groups in total. The zero-order chi connectivity index (χ0) is 8.72. The summed E-state index contributed by atoms with van der Waals surface area (Å²) in [7, 11) is 0. The van der Waals surface area contributed by atoms with Crippen molar-refractivity contribution >= 4 is 5.97 Å². The smallest absolute Gasteiger partial charge is 0.306 e. The fourth-order valence-corrected chi connectivity index (χ4v) is 2.54. The predicted octanol–water partition coefficient (Wildman–Crippen LogP) is 2.14. The monoisotopic (exact) mass is 168 g/mol. The molecule has 0 spiro atoms. The van der Waals surface area contributed by atoms with Crippen molar-refractivity contribution in [3.05, 3.63) is 0 Å². The van der Waals surface area contributed by atoms with Crippen LogP contribution in [0.4, 0.5) is 0 Å². The van der Waals surface area contributed by atoms with Crippen LogP contribution in [0.1, 0.15) is 32.6 Å². The van der Waals surface area contributed by atoms with Gasteiger partial charge in [-0.15, -0.1) is 0 Å². The summed E-state index contributed by atoms with van der Waals surface area (Å²) in [6.07, 6.45) is 4.99. The van der Waals surface area contributed by atoms with Crippen LogP contribution in [-0.2, 0) is 4.79 Å². The predicted molar refractivity (Wildman–Crippen MR) is 45.7 cm³/mol. The lowest BCUT2D eigenvalue weighted by Crippen LogP contribution is -2.23. The Labute approximate surface area is 73.0 Å². The fourth-order valence-electron chi connectivity index (χ4n) is 2.54. The van der Waals surface area contributed by atoms with E-state index in [0.29, 0.717) is 5.92 Å². The second kappa shape index (κ2) is 2.75. The molecule has 0 aliphatic heterocycles. The Morgan fingerprint density at radius 1 is 1.33 bits per heavy atom. The van der Waals surface area contributed by atoms with Crippen LogP contribution < -0.4 is 0 Å². The molecule has 2 rings (SSSR count). The van der Waals surface area contributed by atoms with E-state index in [1.54, 1.807) is 0 Å². The van der Waals surface area contributed by atoms with Crippen LogP contribution >= 0.6 is 0 Å². The molecule has 0 aromatic rings. The van der Waals surface area contributed by atoms with Crippen molar-refractivity contribution in [3.8, 4) is 0 Å². The van der Waals surface area contributed by atoms with Gasteiger partial charge in [-0.05, 0) is 43.4 Å². The Kier molecular flexibility index (Phi) is 1.85.